The number of hydrogen-bond donors (Lipinski definition) is 1. The van der Waals surface area contributed by atoms with E-state index in [0.717, 1.165) is 16.9 Å². The third-order valence-corrected chi connectivity index (χ3v) is 5.20. The van der Waals surface area contributed by atoms with Gasteiger partial charge in [-0.3, -0.25) is 4.79 Å². The lowest BCUT2D eigenvalue weighted by Gasteiger charge is -2.27. The molecule has 0 radical (unpaired) electrons. The third kappa shape index (κ3) is 2.60. The van der Waals surface area contributed by atoms with Crippen LogP contribution in [0.4, 0.5) is 0 Å². The number of fused-ring (bicyclic) bond motifs is 1. The minimum absolute atomic E-state index is 0.0806. The molecule has 3 rings (SSSR count). The van der Waals surface area contributed by atoms with Crippen molar-refractivity contribution >= 4 is 30.2 Å². The third-order valence-electron chi connectivity index (χ3n) is 3.49. The van der Waals surface area contributed by atoms with Crippen molar-refractivity contribution in [1.29, 1.82) is 0 Å². The highest BCUT2D eigenvalue weighted by molar-refractivity contribution is 8.03. The molecule has 0 saturated carbocycles. The number of hydrogen-bond acceptors (Lipinski definition) is 4. The van der Waals surface area contributed by atoms with Crippen LogP contribution in [0.5, 0.6) is 0 Å². The van der Waals surface area contributed by atoms with Crippen molar-refractivity contribution in [1.82, 2.24) is 0 Å². The van der Waals surface area contributed by atoms with Crippen molar-refractivity contribution in [3.63, 3.8) is 0 Å². The SMILES string of the molecule is CCC(S)OC1C=CC2=C(Cc3ccccc3S2)C1=O. The van der Waals surface area contributed by atoms with Crippen molar-refractivity contribution in [2.75, 3.05) is 0 Å². The molecule has 0 aromatic heterocycles. The van der Waals surface area contributed by atoms with Crippen LogP contribution in [0.15, 0.2) is 51.8 Å². The molecule has 2 atom stereocenters. The first-order chi connectivity index (χ1) is 9.69. The first kappa shape index (κ1) is 14.0. The fourth-order valence-electron chi connectivity index (χ4n) is 2.36. The van der Waals surface area contributed by atoms with Gasteiger partial charge in [0.25, 0.3) is 0 Å². The van der Waals surface area contributed by atoms with Gasteiger partial charge >= 0.3 is 0 Å². The second-order valence-corrected chi connectivity index (χ2v) is 6.53. The zero-order valence-corrected chi connectivity index (χ0v) is 12.9. The Labute approximate surface area is 128 Å². The van der Waals surface area contributed by atoms with E-state index in [1.807, 2.05) is 31.2 Å². The van der Waals surface area contributed by atoms with Crippen LogP contribution in [-0.2, 0) is 16.0 Å². The number of ether oxygens (including phenoxy) is 1. The molecule has 2 aliphatic rings. The van der Waals surface area contributed by atoms with Gasteiger partial charge < -0.3 is 4.74 Å². The van der Waals surface area contributed by atoms with Gasteiger partial charge in [0.05, 0.1) is 0 Å². The van der Waals surface area contributed by atoms with Gasteiger partial charge in [0, 0.05) is 21.8 Å². The lowest BCUT2D eigenvalue weighted by molar-refractivity contribution is -0.125. The van der Waals surface area contributed by atoms with Crippen LogP contribution in [0, 0.1) is 0 Å². The zero-order valence-electron chi connectivity index (χ0n) is 11.2. The summed E-state index contributed by atoms with van der Waals surface area (Å²) < 4.78 is 5.67. The predicted molar refractivity (Wildman–Crippen MR) is 85.1 cm³/mol. The summed E-state index contributed by atoms with van der Waals surface area (Å²) in [5, 5.41) is 0. The summed E-state index contributed by atoms with van der Waals surface area (Å²) in [6.45, 7) is 1.99. The Morgan fingerprint density at radius 2 is 2.25 bits per heavy atom. The van der Waals surface area contributed by atoms with Crippen LogP contribution in [0.3, 0.4) is 0 Å². The summed E-state index contributed by atoms with van der Waals surface area (Å²) in [6.07, 6.45) is 4.86. The summed E-state index contributed by atoms with van der Waals surface area (Å²) in [5.74, 6) is 0.0806. The average Bonchev–Trinajstić information content (AvgIpc) is 2.48. The number of thioether (sulfide) groups is 1. The van der Waals surface area contributed by atoms with Crippen LogP contribution in [0.2, 0.25) is 0 Å². The normalized spacial score (nSPS) is 22.5. The van der Waals surface area contributed by atoms with E-state index in [-0.39, 0.29) is 11.2 Å². The maximum atomic E-state index is 12.5. The molecule has 0 N–H and O–H groups in total. The van der Waals surface area contributed by atoms with E-state index in [1.165, 1.54) is 10.5 Å². The van der Waals surface area contributed by atoms with E-state index in [2.05, 4.69) is 24.8 Å². The number of ketones is 1. The van der Waals surface area contributed by atoms with Crippen molar-refractivity contribution in [2.45, 2.75) is 36.2 Å². The molecule has 1 aromatic carbocycles. The number of carbonyl (C=O) groups excluding carboxylic acids is 1. The molecule has 1 aliphatic carbocycles. The molecule has 20 heavy (non-hydrogen) atoms. The number of carbonyl (C=O) groups is 1. The number of allylic oxidation sites excluding steroid dienone is 1. The summed E-state index contributed by atoms with van der Waals surface area (Å²) in [7, 11) is 0. The second kappa shape index (κ2) is 5.80. The van der Waals surface area contributed by atoms with Crippen molar-refractivity contribution in [2.24, 2.45) is 0 Å². The molecule has 1 aliphatic heterocycles. The number of Topliss-reactive ketones (excluding diaryl/α,β-unsaturated/α-hetero) is 1. The van der Waals surface area contributed by atoms with E-state index in [9.17, 15) is 4.79 Å². The minimum atomic E-state index is -0.484. The first-order valence-electron chi connectivity index (χ1n) is 6.74. The highest BCUT2D eigenvalue weighted by atomic mass is 32.2. The molecule has 2 nitrogen and oxygen atoms in total. The zero-order chi connectivity index (χ0) is 14.1. The number of benzene rings is 1. The van der Waals surface area contributed by atoms with Gasteiger partial charge in [-0.05, 0) is 30.2 Å². The van der Waals surface area contributed by atoms with Crippen molar-refractivity contribution < 1.29 is 9.53 Å². The summed E-state index contributed by atoms with van der Waals surface area (Å²) in [6, 6.07) is 8.24. The standard InChI is InChI=1S/C16H16O2S2/c1-2-15(19)18-12-7-8-14-11(16(12)17)9-10-5-3-4-6-13(10)20-14/h3-8,12,15,19H,2,9H2,1H3. The van der Waals surface area contributed by atoms with Crippen molar-refractivity contribution in [3.05, 3.63) is 52.5 Å². The van der Waals surface area contributed by atoms with Gasteiger partial charge in [0.15, 0.2) is 5.78 Å². The van der Waals surface area contributed by atoms with Crippen LogP contribution < -0.4 is 0 Å². The predicted octanol–water partition coefficient (Wildman–Crippen LogP) is 3.78. The molecule has 104 valence electrons. The number of rotatable bonds is 3. The molecule has 1 heterocycles. The van der Waals surface area contributed by atoms with Crippen LogP contribution in [0.1, 0.15) is 18.9 Å². The first-order valence-corrected chi connectivity index (χ1v) is 8.07. The quantitative estimate of drug-likeness (QED) is 0.680. The van der Waals surface area contributed by atoms with Gasteiger partial charge in [-0.25, -0.2) is 0 Å². The summed E-state index contributed by atoms with van der Waals surface area (Å²) >= 11 is 5.98. The Bertz CT molecular complexity index is 604. The Morgan fingerprint density at radius 1 is 1.45 bits per heavy atom. The average molecular weight is 304 g/mol. The molecular formula is C16H16O2S2. The van der Waals surface area contributed by atoms with Gasteiger partial charge in [0.2, 0.25) is 0 Å². The van der Waals surface area contributed by atoms with Crippen LogP contribution >= 0.6 is 24.4 Å². The minimum Gasteiger partial charge on any atom is -0.352 e. The molecule has 4 heteroatoms. The maximum absolute atomic E-state index is 12.5. The summed E-state index contributed by atoms with van der Waals surface area (Å²) in [5.41, 5.74) is 1.90. The van der Waals surface area contributed by atoms with E-state index in [1.54, 1.807) is 11.8 Å². The lowest BCUT2D eigenvalue weighted by Crippen LogP contribution is -2.30. The van der Waals surface area contributed by atoms with Gasteiger partial charge in [0.1, 0.15) is 11.5 Å². The monoisotopic (exact) mass is 304 g/mol. The Kier molecular flexibility index (Phi) is 4.06. The topological polar surface area (TPSA) is 26.3 Å². The highest BCUT2D eigenvalue weighted by Gasteiger charge is 2.31. The van der Waals surface area contributed by atoms with E-state index >= 15 is 0 Å². The largest absolute Gasteiger partial charge is 0.352 e. The number of thiol groups is 1. The van der Waals surface area contributed by atoms with Crippen molar-refractivity contribution in [3.8, 4) is 0 Å². The fourth-order valence-corrected chi connectivity index (χ4v) is 3.59. The van der Waals surface area contributed by atoms with E-state index < -0.39 is 6.10 Å². The smallest absolute Gasteiger partial charge is 0.193 e. The molecule has 0 bridgehead atoms. The van der Waals surface area contributed by atoms with E-state index in [0.29, 0.717) is 6.42 Å². The fraction of sp³-hybridized carbons (Fsp3) is 0.312. The highest BCUT2D eigenvalue weighted by Crippen LogP contribution is 2.41. The molecule has 0 fully saturated rings. The van der Waals surface area contributed by atoms with Crippen LogP contribution in [-0.4, -0.2) is 17.3 Å². The van der Waals surface area contributed by atoms with Crippen LogP contribution in [0.25, 0.3) is 0 Å². The molecule has 0 spiro atoms. The molecular weight excluding hydrogens is 288 g/mol. The Balaban J connectivity index is 1.84. The summed E-state index contributed by atoms with van der Waals surface area (Å²) in [4.78, 5) is 14.8. The molecule has 0 amide bonds. The molecule has 2 unspecified atom stereocenters. The maximum Gasteiger partial charge on any atom is 0.193 e. The van der Waals surface area contributed by atoms with Gasteiger partial charge in [-0.1, -0.05) is 36.9 Å². The van der Waals surface area contributed by atoms with E-state index in [4.69, 9.17) is 4.74 Å². The molecule has 0 saturated heterocycles. The van der Waals surface area contributed by atoms with Gasteiger partial charge in [-0.2, -0.15) is 0 Å². The lowest BCUT2D eigenvalue weighted by atomic mass is 9.94. The Morgan fingerprint density at radius 3 is 3.05 bits per heavy atom. The molecule has 1 aromatic rings. The Hall–Kier alpha value is -0.970. The second-order valence-electron chi connectivity index (χ2n) is 4.87. The van der Waals surface area contributed by atoms with Gasteiger partial charge in [-0.15, -0.1) is 12.6 Å².